The normalized spacial score (nSPS) is 11.3. The van der Waals surface area contributed by atoms with Gasteiger partial charge in [-0.2, -0.15) is 5.10 Å². The number of amides is 1. The number of rotatable bonds is 6. The fourth-order valence-corrected chi connectivity index (χ4v) is 4.52. The number of aromatic nitrogens is 3. The van der Waals surface area contributed by atoms with E-state index in [-0.39, 0.29) is 27.2 Å². The number of pyridine rings is 1. The van der Waals surface area contributed by atoms with Crippen LogP contribution in [-0.2, 0) is 17.1 Å². The lowest BCUT2D eigenvalue weighted by Crippen LogP contribution is -2.18. The van der Waals surface area contributed by atoms with Gasteiger partial charge in [0.2, 0.25) is 5.88 Å². The summed E-state index contributed by atoms with van der Waals surface area (Å²) < 4.78 is 35.4. The third kappa shape index (κ3) is 4.49. The van der Waals surface area contributed by atoms with E-state index in [1.54, 1.807) is 40.0 Å². The highest BCUT2D eigenvalue weighted by atomic mass is 35.5. The van der Waals surface area contributed by atoms with Crippen LogP contribution in [0.15, 0.2) is 35.4 Å². The molecule has 31 heavy (non-hydrogen) atoms. The van der Waals surface area contributed by atoms with Crippen LogP contribution >= 0.6 is 11.6 Å². The number of hydrogen-bond donors (Lipinski definition) is 2. The maximum Gasteiger partial charge on any atom is 0.277 e. The molecule has 0 saturated carbocycles. The average molecular weight is 464 g/mol. The van der Waals surface area contributed by atoms with Gasteiger partial charge in [0.15, 0.2) is 10.6 Å². The van der Waals surface area contributed by atoms with Crippen LogP contribution < -0.4 is 14.8 Å². The van der Waals surface area contributed by atoms with Gasteiger partial charge in [-0.3, -0.25) is 14.2 Å². The van der Waals surface area contributed by atoms with Gasteiger partial charge in [0.25, 0.3) is 15.9 Å². The van der Waals surface area contributed by atoms with Crippen LogP contribution in [-0.4, -0.2) is 36.2 Å². The first-order valence-electron chi connectivity index (χ1n) is 9.18. The second-order valence-corrected chi connectivity index (χ2v) is 8.96. The molecule has 2 heterocycles. The van der Waals surface area contributed by atoms with Crippen molar-refractivity contribution in [2.75, 3.05) is 17.1 Å². The van der Waals surface area contributed by atoms with Gasteiger partial charge in [-0.15, -0.1) is 0 Å². The first-order chi connectivity index (χ1) is 14.5. The van der Waals surface area contributed by atoms with E-state index in [4.69, 9.17) is 16.3 Å². The molecule has 2 aromatic heterocycles. The molecule has 2 N–H and O–H groups in total. The quantitative estimate of drug-likeness (QED) is 0.578. The minimum Gasteiger partial charge on any atom is -0.480 e. The van der Waals surface area contributed by atoms with Gasteiger partial charge in [-0.25, -0.2) is 13.4 Å². The Hall–Kier alpha value is -3.11. The fourth-order valence-electron chi connectivity index (χ4n) is 2.93. The zero-order chi connectivity index (χ0) is 22.9. The van der Waals surface area contributed by atoms with E-state index in [0.717, 1.165) is 11.1 Å². The average Bonchev–Trinajstić information content (AvgIpc) is 2.98. The number of nitrogens with one attached hydrogen (secondary N) is 2. The van der Waals surface area contributed by atoms with Crippen LogP contribution in [0.1, 0.15) is 27.3 Å². The van der Waals surface area contributed by atoms with Crippen LogP contribution in [0.5, 0.6) is 5.88 Å². The van der Waals surface area contributed by atoms with Crippen molar-refractivity contribution in [3.05, 3.63) is 58.0 Å². The molecule has 0 spiro atoms. The van der Waals surface area contributed by atoms with Crippen molar-refractivity contribution in [2.24, 2.45) is 7.05 Å². The van der Waals surface area contributed by atoms with Gasteiger partial charge in [0, 0.05) is 7.05 Å². The molecule has 164 valence electrons. The topological polar surface area (TPSA) is 115 Å². The molecule has 1 amide bonds. The predicted molar refractivity (Wildman–Crippen MR) is 118 cm³/mol. The molecule has 0 aliphatic rings. The smallest absolute Gasteiger partial charge is 0.277 e. The summed E-state index contributed by atoms with van der Waals surface area (Å²) in [6.45, 7) is 5.33. The number of benzene rings is 1. The van der Waals surface area contributed by atoms with Crippen molar-refractivity contribution in [1.29, 1.82) is 0 Å². The number of para-hydroxylation sites is 1. The number of hydrogen-bond acceptors (Lipinski definition) is 6. The molecule has 0 atom stereocenters. The van der Waals surface area contributed by atoms with Crippen molar-refractivity contribution in [3.63, 3.8) is 0 Å². The van der Waals surface area contributed by atoms with Crippen LogP contribution in [0.4, 0.5) is 11.4 Å². The highest BCUT2D eigenvalue weighted by Crippen LogP contribution is 2.29. The van der Waals surface area contributed by atoms with Gasteiger partial charge in [0.05, 0.1) is 35.4 Å². The predicted octanol–water partition coefficient (Wildman–Crippen LogP) is 3.46. The van der Waals surface area contributed by atoms with Gasteiger partial charge < -0.3 is 10.1 Å². The van der Waals surface area contributed by atoms with E-state index in [0.29, 0.717) is 11.4 Å². The third-order valence-electron chi connectivity index (χ3n) is 4.75. The molecule has 0 aliphatic carbocycles. The molecule has 0 fully saturated rings. The highest BCUT2D eigenvalue weighted by molar-refractivity contribution is 7.92. The summed E-state index contributed by atoms with van der Waals surface area (Å²) in [5.41, 5.74) is 2.79. The number of aryl methyl sites for hydroxylation is 3. The zero-order valence-electron chi connectivity index (χ0n) is 17.6. The van der Waals surface area contributed by atoms with Crippen LogP contribution in [0.25, 0.3) is 0 Å². The second-order valence-electron chi connectivity index (χ2n) is 6.93. The van der Waals surface area contributed by atoms with Gasteiger partial charge >= 0.3 is 0 Å². The molecule has 0 saturated heterocycles. The summed E-state index contributed by atoms with van der Waals surface area (Å²) in [7, 11) is -1.09. The van der Waals surface area contributed by atoms with E-state index in [1.807, 2.05) is 6.07 Å². The Kier molecular flexibility index (Phi) is 6.23. The monoisotopic (exact) mass is 463 g/mol. The SMILES string of the molecule is COc1ncc(NC(=O)c2nn(C)c(C)c2Cl)cc1S(=O)(=O)Nc1c(C)cccc1C. The Morgan fingerprint density at radius 3 is 2.39 bits per heavy atom. The first-order valence-corrected chi connectivity index (χ1v) is 11.0. The molecular weight excluding hydrogens is 442 g/mol. The van der Waals surface area contributed by atoms with E-state index in [1.165, 1.54) is 24.1 Å². The number of carbonyl (C=O) groups is 1. The van der Waals surface area contributed by atoms with Crippen molar-refractivity contribution >= 4 is 38.9 Å². The molecule has 3 aromatic rings. The minimum absolute atomic E-state index is 0.0237. The summed E-state index contributed by atoms with van der Waals surface area (Å²) in [6, 6.07) is 6.71. The second kappa shape index (κ2) is 8.56. The molecule has 9 nitrogen and oxygen atoms in total. The Labute approximate surface area is 185 Å². The van der Waals surface area contributed by atoms with E-state index in [9.17, 15) is 13.2 Å². The maximum atomic E-state index is 13.1. The van der Waals surface area contributed by atoms with Gasteiger partial charge in [-0.1, -0.05) is 29.8 Å². The van der Waals surface area contributed by atoms with Crippen molar-refractivity contribution < 1.29 is 17.9 Å². The standard InChI is InChI=1S/C20H22ClN5O4S/c1-11-7-6-8-12(2)17(11)25-31(28,29)15-9-14(10-22-20(15)30-5)23-19(27)18-16(21)13(3)26(4)24-18/h6-10,25H,1-5H3,(H,23,27). The van der Waals surface area contributed by atoms with E-state index >= 15 is 0 Å². The summed E-state index contributed by atoms with van der Waals surface area (Å²) in [6.07, 6.45) is 1.29. The lowest BCUT2D eigenvalue weighted by molar-refractivity contribution is 0.102. The zero-order valence-corrected chi connectivity index (χ0v) is 19.2. The number of nitrogens with zero attached hydrogens (tertiary/aromatic N) is 3. The van der Waals surface area contributed by atoms with Gasteiger partial charge in [-0.05, 0) is 38.0 Å². The molecule has 0 unspecified atom stereocenters. The summed E-state index contributed by atoms with van der Waals surface area (Å²) in [4.78, 5) is 16.4. The molecule has 3 rings (SSSR count). The summed E-state index contributed by atoms with van der Waals surface area (Å²) in [5, 5.41) is 6.88. The highest BCUT2D eigenvalue weighted by Gasteiger charge is 2.24. The van der Waals surface area contributed by atoms with Crippen molar-refractivity contribution in [1.82, 2.24) is 14.8 Å². The summed E-state index contributed by atoms with van der Waals surface area (Å²) >= 11 is 6.16. The number of carbonyl (C=O) groups excluding carboxylic acids is 1. The molecule has 0 bridgehead atoms. The minimum atomic E-state index is -4.07. The fraction of sp³-hybridized carbons (Fsp3) is 0.250. The number of halogens is 1. The Bertz CT molecular complexity index is 1250. The van der Waals surface area contributed by atoms with E-state index < -0.39 is 15.9 Å². The molecule has 1 aromatic carbocycles. The molecular formula is C20H22ClN5O4S. The molecule has 0 aliphatic heterocycles. The maximum absolute atomic E-state index is 13.1. The number of methoxy groups -OCH3 is 1. The Morgan fingerprint density at radius 1 is 1.19 bits per heavy atom. The van der Waals surface area contributed by atoms with E-state index in [2.05, 4.69) is 20.1 Å². The number of anilines is 2. The first kappa shape index (κ1) is 22.6. The largest absolute Gasteiger partial charge is 0.480 e. The third-order valence-corrected chi connectivity index (χ3v) is 6.55. The van der Waals surface area contributed by atoms with Crippen molar-refractivity contribution in [3.8, 4) is 5.88 Å². The van der Waals surface area contributed by atoms with Crippen molar-refractivity contribution in [2.45, 2.75) is 25.7 Å². The summed E-state index contributed by atoms with van der Waals surface area (Å²) in [5.74, 6) is -0.699. The Balaban J connectivity index is 1.96. The number of ether oxygens (including phenoxy) is 1. The Morgan fingerprint density at radius 2 is 1.84 bits per heavy atom. The molecule has 11 heteroatoms. The molecule has 0 radical (unpaired) electrons. The van der Waals surface area contributed by atoms with Crippen LogP contribution in [0.2, 0.25) is 5.02 Å². The van der Waals surface area contributed by atoms with Crippen LogP contribution in [0, 0.1) is 20.8 Å². The lowest BCUT2D eigenvalue weighted by Gasteiger charge is -2.15. The van der Waals surface area contributed by atoms with Crippen LogP contribution in [0.3, 0.4) is 0 Å². The lowest BCUT2D eigenvalue weighted by atomic mass is 10.1. The number of sulfonamides is 1. The van der Waals surface area contributed by atoms with Gasteiger partial charge in [0.1, 0.15) is 0 Å².